The number of nitrogens with zero attached hydrogens (tertiary/aromatic N) is 3. The number of hydrogen-bond acceptors (Lipinski definition) is 6. The van der Waals surface area contributed by atoms with Crippen molar-refractivity contribution in [3.05, 3.63) is 126 Å². The van der Waals surface area contributed by atoms with Crippen LogP contribution in [0.25, 0.3) is 11.1 Å². The number of alkyl halides is 1. The molecule has 1 heterocycles. The Hall–Kier alpha value is -3.95. The third-order valence-electron chi connectivity index (χ3n) is 7.42. The quantitative estimate of drug-likeness (QED) is 0.0475. The summed E-state index contributed by atoms with van der Waals surface area (Å²) in [5.41, 5.74) is 7.53. The maximum absolute atomic E-state index is 11.8. The second kappa shape index (κ2) is 21.1. The summed E-state index contributed by atoms with van der Waals surface area (Å²) in [7, 11) is 3.56. The summed E-state index contributed by atoms with van der Waals surface area (Å²) in [5, 5.41) is 6.92. The van der Waals surface area contributed by atoms with Crippen LogP contribution in [0.3, 0.4) is 0 Å². The number of carbonyl (C=O) groups excluding carboxylic acids is 1. The molecule has 0 radical (unpaired) electrons. The second-order valence-corrected chi connectivity index (χ2v) is 12.0. The fourth-order valence-electron chi connectivity index (χ4n) is 5.10. The lowest BCUT2D eigenvalue weighted by Gasteiger charge is -2.28. The zero-order valence-corrected chi connectivity index (χ0v) is 30.3. The summed E-state index contributed by atoms with van der Waals surface area (Å²) in [4.78, 5) is 20.7. The third-order valence-corrected chi connectivity index (χ3v) is 7.87. The fourth-order valence-corrected chi connectivity index (χ4v) is 5.60. The van der Waals surface area contributed by atoms with Crippen LogP contribution in [0.15, 0.2) is 125 Å². The number of allylic oxidation sites excluding steroid dienone is 6. The van der Waals surface area contributed by atoms with Crippen molar-refractivity contribution in [2.45, 2.75) is 19.8 Å². The Morgan fingerprint density at radius 3 is 2.29 bits per heavy atom. The zero-order valence-electron chi connectivity index (χ0n) is 27.9. The van der Waals surface area contributed by atoms with Crippen molar-refractivity contribution in [2.75, 3.05) is 61.3 Å². The van der Waals surface area contributed by atoms with Crippen molar-refractivity contribution >= 4 is 64.8 Å². The summed E-state index contributed by atoms with van der Waals surface area (Å²) < 4.78 is 2.44. The van der Waals surface area contributed by atoms with Gasteiger partial charge >= 0.3 is 0 Å². The number of aliphatic imine (C=N–C) groups is 1. The first-order valence-corrected chi connectivity index (χ1v) is 17.2. The molecule has 0 unspecified atom stereocenters. The van der Waals surface area contributed by atoms with Gasteiger partial charge in [-0.3, -0.25) is 14.5 Å². The van der Waals surface area contributed by atoms with Gasteiger partial charge in [-0.1, -0.05) is 85.6 Å². The van der Waals surface area contributed by atoms with E-state index in [1.165, 1.54) is 0 Å². The first-order valence-electron chi connectivity index (χ1n) is 15.9. The molecule has 0 atom stereocenters. The van der Waals surface area contributed by atoms with Crippen molar-refractivity contribution in [3.8, 4) is 11.1 Å². The number of hydrogen-bond donors (Lipinski definition) is 4. The van der Waals surface area contributed by atoms with Gasteiger partial charge in [0, 0.05) is 73.7 Å². The lowest BCUT2D eigenvalue weighted by Crippen LogP contribution is -2.47. The molecule has 0 bridgehead atoms. The Morgan fingerprint density at radius 1 is 1.08 bits per heavy atom. The van der Waals surface area contributed by atoms with E-state index >= 15 is 0 Å². The number of piperazine rings is 1. The molecule has 7 nitrogen and oxygen atoms in total. The minimum atomic E-state index is 0.0629. The molecule has 3 aromatic carbocycles. The summed E-state index contributed by atoms with van der Waals surface area (Å²) in [6, 6.07) is 25.3. The van der Waals surface area contributed by atoms with E-state index in [0.29, 0.717) is 36.8 Å². The minimum Gasteiger partial charge on any atom is -0.385 e. The predicted molar refractivity (Wildman–Crippen MR) is 212 cm³/mol. The number of amides is 1. The van der Waals surface area contributed by atoms with Gasteiger partial charge in [-0.05, 0) is 78.7 Å². The molecule has 1 amide bonds. The van der Waals surface area contributed by atoms with Crippen molar-refractivity contribution in [2.24, 2.45) is 4.99 Å². The summed E-state index contributed by atoms with van der Waals surface area (Å²) in [5.74, 6) is 1.32. The molecule has 1 saturated heterocycles. The van der Waals surface area contributed by atoms with Crippen molar-refractivity contribution < 1.29 is 4.79 Å². The Morgan fingerprint density at radius 2 is 1.73 bits per heavy atom. The normalized spacial score (nSPS) is 13.9. The van der Waals surface area contributed by atoms with E-state index in [-0.39, 0.29) is 5.91 Å². The molecule has 0 saturated carbocycles. The van der Waals surface area contributed by atoms with Gasteiger partial charge in [-0.15, -0.1) is 11.6 Å². The first kappa shape index (κ1) is 38.5. The third kappa shape index (κ3) is 12.3. The molecule has 10 heteroatoms. The van der Waals surface area contributed by atoms with Gasteiger partial charge in [0.25, 0.3) is 0 Å². The van der Waals surface area contributed by atoms with E-state index in [1.807, 2.05) is 25.4 Å². The molecule has 3 N–H and O–H groups in total. The standard InChI is InChI=1S/C37H41Cl2N5O.CH5NS/c1-4-6-28(25-32(39)19-21-38)20-23-44(35-17-13-33(14-18-35)41-5-2)36(40-3)26-29-7-9-30(10-8-29)31-11-15-34(16-12-31)43-24-22-42-37(45)27-43;1-2-3/h4,6-20,23,41H,1,5,21-22,24-27H2,2-3H3,(H,42,45);2-3H,1H3/b23-20+,28-6-,32-19+,40-36?;. The number of anilines is 3. The maximum atomic E-state index is 11.8. The number of nitrogens with one attached hydrogen (secondary N) is 3. The Labute approximate surface area is 301 Å². The predicted octanol–water partition coefficient (Wildman–Crippen LogP) is 8.23. The van der Waals surface area contributed by atoms with Gasteiger partial charge in [0.1, 0.15) is 5.84 Å². The van der Waals surface area contributed by atoms with Gasteiger partial charge in [-0.25, -0.2) is 0 Å². The Bertz CT molecular complexity index is 1570. The highest BCUT2D eigenvalue weighted by Gasteiger charge is 2.17. The lowest BCUT2D eigenvalue weighted by molar-refractivity contribution is -0.120. The molecule has 254 valence electrons. The van der Waals surface area contributed by atoms with Gasteiger partial charge in [0.05, 0.1) is 6.54 Å². The Balaban J connectivity index is 0.00000201. The highest BCUT2D eigenvalue weighted by atomic mass is 35.5. The van der Waals surface area contributed by atoms with E-state index < -0.39 is 0 Å². The van der Waals surface area contributed by atoms with Crippen LogP contribution in [0.1, 0.15) is 18.9 Å². The molecule has 3 aromatic rings. The molecule has 48 heavy (non-hydrogen) atoms. The fraction of sp³-hybridized carbons (Fsp3) is 0.263. The van der Waals surface area contributed by atoms with Gasteiger partial charge < -0.3 is 20.4 Å². The van der Waals surface area contributed by atoms with Crippen LogP contribution >= 0.6 is 36.0 Å². The molecule has 1 fully saturated rings. The van der Waals surface area contributed by atoms with E-state index in [0.717, 1.165) is 58.3 Å². The van der Waals surface area contributed by atoms with Gasteiger partial charge in [0.15, 0.2) is 0 Å². The average Bonchev–Trinajstić information content (AvgIpc) is 3.09. The number of amidine groups is 1. The molecular weight excluding hydrogens is 659 g/mol. The van der Waals surface area contributed by atoms with E-state index in [4.69, 9.17) is 28.2 Å². The van der Waals surface area contributed by atoms with Crippen molar-refractivity contribution in [1.29, 1.82) is 0 Å². The molecule has 1 aliphatic heterocycles. The summed E-state index contributed by atoms with van der Waals surface area (Å²) in [6.07, 6.45) is 10.8. The van der Waals surface area contributed by atoms with E-state index in [9.17, 15) is 4.79 Å². The molecular formula is C38H46Cl2N6OS. The van der Waals surface area contributed by atoms with Crippen LogP contribution in [0.2, 0.25) is 0 Å². The SMILES string of the molecule is C=C/C=C(/C=C/N(C(Cc1ccc(-c2ccc(N3CCNC(=O)C3)cc2)cc1)=NC)c1ccc(NCC)cc1)C/C(Cl)=C\CCl.CNS. The average molecular weight is 706 g/mol. The van der Waals surface area contributed by atoms with Crippen LogP contribution in [-0.2, 0) is 11.2 Å². The molecule has 0 aromatic heterocycles. The topological polar surface area (TPSA) is 72.0 Å². The number of thiol groups is 1. The smallest absolute Gasteiger partial charge is 0.239 e. The number of halogens is 2. The summed E-state index contributed by atoms with van der Waals surface area (Å²) in [6.45, 7) is 8.69. The van der Waals surface area contributed by atoms with Crippen molar-refractivity contribution in [1.82, 2.24) is 10.0 Å². The number of rotatable bonds is 13. The monoisotopic (exact) mass is 704 g/mol. The molecule has 4 rings (SSSR count). The van der Waals surface area contributed by atoms with Crippen LogP contribution in [0.4, 0.5) is 17.1 Å². The molecule has 0 spiro atoms. The second-order valence-electron chi connectivity index (χ2n) is 10.8. The van der Waals surface area contributed by atoms with Crippen LogP contribution in [0, 0.1) is 0 Å². The summed E-state index contributed by atoms with van der Waals surface area (Å²) >= 11 is 15.8. The van der Waals surface area contributed by atoms with E-state index in [1.54, 1.807) is 19.2 Å². The van der Waals surface area contributed by atoms with E-state index in [2.05, 4.69) is 124 Å². The highest BCUT2D eigenvalue weighted by Crippen LogP contribution is 2.26. The zero-order chi connectivity index (χ0) is 34.7. The maximum Gasteiger partial charge on any atom is 0.239 e. The largest absolute Gasteiger partial charge is 0.385 e. The Kier molecular flexibility index (Phi) is 16.9. The molecule has 1 aliphatic rings. The molecule has 0 aliphatic carbocycles. The highest BCUT2D eigenvalue weighted by molar-refractivity contribution is 7.78. The van der Waals surface area contributed by atoms with Crippen molar-refractivity contribution in [3.63, 3.8) is 0 Å². The van der Waals surface area contributed by atoms with Gasteiger partial charge in [0.2, 0.25) is 5.91 Å². The number of carbonyl (C=O) groups is 1. The van der Waals surface area contributed by atoms with Gasteiger partial charge in [-0.2, -0.15) is 0 Å². The lowest BCUT2D eigenvalue weighted by atomic mass is 10.0. The van der Waals surface area contributed by atoms with Crippen LogP contribution in [0.5, 0.6) is 0 Å². The minimum absolute atomic E-state index is 0.0629. The van der Waals surface area contributed by atoms with Crippen LogP contribution < -0.4 is 25.2 Å². The van der Waals surface area contributed by atoms with Crippen LogP contribution in [-0.4, -0.2) is 57.9 Å². The first-order chi connectivity index (χ1) is 23.3. The number of benzene rings is 3.